The van der Waals surface area contributed by atoms with Gasteiger partial charge in [-0.05, 0) is 35.7 Å². The summed E-state index contributed by atoms with van der Waals surface area (Å²) in [6.07, 6.45) is 2.25. The van der Waals surface area contributed by atoms with Crippen LogP contribution in [0.25, 0.3) is 10.9 Å². The summed E-state index contributed by atoms with van der Waals surface area (Å²) in [5, 5.41) is 5.60. The molecule has 1 aromatic heterocycles. The molecule has 2 aromatic carbocycles. The Hall–Kier alpha value is -1.77. The fourth-order valence-corrected chi connectivity index (χ4v) is 3.05. The van der Waals surface area contributed by atoms with Crippen molar-refractivity contribution in [1.82, 2.24) is 9.88 Å². The molecule has 2 nitrogen and oxygen atoms in total. The van der Waals surface area contributed by atoms with Gasteiger partial charge in [-0.2, -0.15) is 0 Å². The SMILES string of the molecule is CC(C)CNCc1cn(Cc2ccccc2)c2cc(Cl)ccc12. The molecule has 3 rings (SSSR count). The maximum absolute atomic E-state index is 6.22. The molecule has 0 spiro atoms. The van der Waals surface area contributed by atoms with Crippen LogP contribution in [0.1, 0.15) is 25.0 Å². The molecule has 0 unspecified atom stereocenters. The lowest BCUT2D eigenvalue weighted by atomic mass is 10.1. The maximum atomic E-state index is 6.22. The van der Waals surface area contributed by atoms with Crippen LogP contribution < -0.4 is 5.32 Å². The molecule has 120 valence electrons. The molecule has 0 saturated heterocycles. The highest BCUT2D eigenvalue weighted by molar-refractivity contribution is 6.31. The van der Waals surface area contributed by atoms with Gasteiger partial charge in [-0.1, -0.05) is 61.8 Å². The number of hydrogen-bond acceptors (Lipinski definition) is 1. The summed E-state index contributed by atoms with van der Waals surface area (Å²) in [6.45, 7) is 7.23. The van der Waals surface area contributed by atoms with Crippen molar-refractivity contribution in [2.45, 2.75) is 26.9 Å². The minimum absolute atomic E-state index is 0.655. The van der Waals surface area contributed by atoms with Crippen molar-refractivity contribution in [2.75, 3.05) is 6.54 Å². The monoisotopic (exact) mass is 326 g/mol. The smallest absolute Gasteiger partial charge is 0.0501 e. The first kappa shape index (κ1) is 16.1. The van der Waals surface area contributed by atoms with E-state index in [2.05, 4.69) is 72.4 Å². The molecule has 0 aliphatic carbocycles. The summed E-state index contributed by atoms with van der Waals surface area (Å²) in [7, 11) is 0. The van der Waals surface area contributed by atoms with Crippen LogP contribution in [0.5, 0.6) is 0 Å². The van der Waals surface area contributed by atoms with Gasteiger partial charge in [0, 0.05) is 29.7 Å². The first-order valence-corrected chi connectivity index (χ1v) is 8.53. The number of nitrogens with one attached hydrogen (secondary N) is 1. The first-order chi connectivity index (χ1) is 11.1. The lowest BCUT2D eigenvalue weighted by Gasteiger charge is -2.06. The van der Waals surface area contributed by atoms with E-state index in [1.54, 1.807) is 0 Å². The van der Waals surface area contributed by atoms with E-state index in [9.17, 15) is 0 Å². The fraction of sp³-hybridized carbons (Fsp3) is 0.300. The zero-order valence-electron chi connectivity index (χ0n) is 13.7. The molecule has 3 aromatic rings. The predicted molar refractivity (Wildman–Crippen MR) is 99.0 cm³/mol. The Morgan fingerprint density at radius 1 is 1.09 bits per heavy atom. The summed E-state index contributed by atoms with van der Waals surface area (Å²) in [6, 6.07) is 16.7. The van der Waals surface area contributed by atoms with Crippen molar-refractivity contribution < 1.29 is 0 Å². The van der Waals surface area contributed by atoms with Crippen molar-refractivity contribution >= 4 is 22.5 Å². The Morgan fingerprint density at radius 3 is 2.61 bits per heavy atom. The Morgan fingerprint density at radius 2 is 1.87 bits per heavy atom. The van der Waals surface area contributed by atoms with Gasteiger partial charge in [0.25, 0.3) is 0 Å². The van der Waals surface area contributed by atoms with Crippen LogP contribution in [0.2, 0.25) is 5.02 Å². The third kappa shape index (κ3) is 3.95. The van der Waals surface area contributed by atoms with E-state index in [0.29, 0.717) is 5.92 Å². The molecule has 0 radical (unpaired) electrons. The minimum Gasteiger partial charge on any atom is -0.343 e. The number of nitrogens with zero attached hydrogens (tertiary/aromatic N) is 1. The molecule has 0 saturated carbocycles. The molecule has 0 amide bonds. The molecule has 1 N–H and O–H groups in total. The van der Waals surface area contributed by atoms with Crippen molar-refractivity contribution in [2.24, 2.45) is 5.92 Å². The number of hydrogen-bond donors (Lipinski definition) is 1. The maximum Gasteiger partial charge on any atom is 0.0501 e. The minimum atomic E-state index is 0.655. The van der Waals surface area contributed by atoms with Gasteiger partial charge in [-0.15, -0.1) is 0 Å². The van der Waals surface area contributed by atoms with Crippen molar-refractivity contribution in [3.63, 3.8) is 0 Å². The second-order valence-electron chi connectivity index (χ2n) is 6.45. The predicted octanol–water partition coefficient (Wildman–Crippen LogP) is 5.09. The number of fused-ring (bicyclic) bond motifs is 1. The molecule has 3 heteroatoms. The summed E-state index contributed by atoms with van der Waals surface area (Å²) < 4.78 is 2.29. The van der Waals surface area contributed by atoms with Gasteiger partial charge in [0.2, 0.25) is 0 Å². The van der Waals surface area contributed by atoms with Crippen LogP contribution in [0.4, 0.5) is 0 Å². The normalized spacial score (nSPS) is 11.5. The molecule has 23 heavy (non-hydrogen) atoms. The van der Waals surface area contributed by atoms with Crippen LogP contribution in [-0.4, -0.2) is 11.1 Å². The van der Waals surface area contributed by atoms with Crippen molar-refractivity contribution in [3.05, 3.63) is 70.9 Å². The topological polar surface area (TPSA) is 17.0 Å². The third-order valence-corrected chi connectivity index (χ3v) is 4.23. The standard InChI is InChI=1S/C20H23ClN2/c1-15(2)11-22-12-17-14-23(13-16-6-4-3-5-7-16)20-10-18(21)8-9-19(17)20/h3-10,14-15,22H,11-13H2,1-2H3. The quantitative estimate of drug-likeness (QED) is 0.667. The van der Waals surface area contributed by atoms with Gasteiger partial charge in [-0.25, -0.2) is 0 Å². The van der Waals surface area contributed by atoms with E-state index >= 15 is 0 Å². The summed E-state index contributed by atoms with van der Waals surface area (Å²) >= 11 is 6.22. The number of benzene rings is 2. The molecule has 0 atom stereocenters. The summed E-state index contributed by atoms with van der Waals surface area (Å²) in [5.41, 5.74) is 3.82. The highest BCUT2D eigenvalue weighted by atomic mass is 35.5. The Balaban J connectivity index is 1.92. The average Bonchev–Trinajstić information content (AvgIpc) is 2.85. The van der Waals surface area contributed by atoms with E-state index in [1.807, 2.05) is 6.07 Å². The molecule has 0 aliphatic heterocycles. The summed E-state index contributed by atoms with van der Waals surface area (Å²) in [5.74, 6) is 0.655. The van der Waals surface area contributed by atoms with Crippen LogP contribution >= 0.6 is 11.6 Å². The third-order valence-electron chi connectivity index (χ3n) is 3.99. The van der Waals surface area contributed by atoms with E-state index in [-0.39, 0.29) is 0 Å². The van der Waals surface area contributed by atoms with Gasteiger partial charge in [0.1, 0.15) is 0 Å². The molecular formula is C20H23ClN2. The fourth-order valence-electron chi connectivity index (χ4n) is 2.89. The van der Waals surface area contributed by atoms with E-state index < -0.39 is 0 Å². The molecular weight excluding hydrogens is 304 g/mol. The van der Waals surface area contributed by atoms with Gasteiger partial charge >= 0.3 is 0 Å². The lowest BCUT2D eigenvalue weighted by Crippen LogP contribution is -2.18. The van der Waals surface area contributed by atoms with Crippen LogP contribution in [0.3, 0.4) is 0 Å². The molecule has 1 heterocycles. The second kappa shape index (κ2) is 7.20. The zero-order chi connectivity index (χ0) is 16.2. The molecule has 0 fully saturated rings. The zero-order valence-corrected chi connectivity index (χ0v) is 14.5. The van der Waals surface area contributed by atoms with Crippen LogP contribution in [0, 0.1) is 5.92 Å². The second-order valence-corrected chi connectivity index (χ2v) is 6.89. The van der Waals surface area contributed by atoms with Crippen molar-refractivity contribution in [3.8, 4) is 0 Å². The van der Waals surface area contributed by atoms with Crippen LogP contribution in [0.15, 0.2) is 54.7 Å². The number of aromatic nitrogens is 1. The summed E-state index contributed by atoms with van der Waals surface area (Å²) in [4.78, 5) is 0. The van der Waals surface area contributed by atoms with Crippen molar-refractivity contribution in [1.29, 1.82) is 0 Å². The first-order valence-electron chi connectivity index (χ1n) is 8.15. The van der Waals surface area contributed by atoms with Gasteiger partial charge < -0.3 is 9.88 Å². The highest BCUT2D eigenvalue weighted by Gasteiger charge is 2.09. The van der Waals surface area contributed by atoms with E-state index in [4.69, 9.17) is 11.6 Å². The largest absolute Gasteiger partial charge is 0.343 e. The van der Waals surface area contributed by atoms with Crippen LogP contribution in [-0.2, 0) is 13.1 Å². The van der Waals surface area contributed by atoms with Gasteiger partial charge in [0.05, 0.1) is 5.52 Å². The highest BCUT2D eigenvalue weighted by Crippen LogP contribution is 2.25. The number of rotatable bonds is 6. The Labute approximate surface area is 143 Å². The van der Waals surface area contributed by atoms with E-state index in [0.717, 1.165) is 24.7 Å². The van der Waals surface area contributed by atoms with E-state index in [1.165, 1.54) is 22.0 Å². The van der Waals surface area contributed by atoms with Gasteiger partial charge in [-0.3, -0.25) is 0 Å². The average molecular weight is 327 g/mol. The lowest BCUT2D eigenvalue weighted by molar-refractivity contribution is 0.553. The Kier molecular flexibility index (Phi) is 5.04. The Bertz CT molecular complexity index is 775. The molecule has 0 bridgehead atoms. The number of halogens is 1. The van der Waals surface area contributed by atoms with Gasteiger partial charge in [0.15, 0.2) is 0 Å². The molecule has 0 aliphatic rings.